The predicted molar refractivity (Wildman–Crippen MR) is 81.7 cm³/mol. The number of unbranched alkanes of at least 4 members (excludes halogenated alkanes) is 2. The second-order valence-corrected chi connectivity index (χ2v) is 6.67. The highest BCUT2D eigenvalue weighted by molar-refractivity contribution is 5.87. The molecule has 2 bridgehead atoms. The average Bonchev–Trinajstić information content (AvgIpc) is 3.02. The number of fused-ring (bicyclic) bond motifs is 2. The fourth-order valence-corrected chi connectivity index (χ4v) is 3.84. The van der Waals surface area contributed by atoms with Gasteiger partial charge in [-0.1, -0.05) is 31.9 Å². The summed E-state index contributed by atoms with van der Waals surface area (Å²) in [6, 6.07) is 0.131. The molecule has 1 fully saturated rings. The van der Waals surface area contributed by atoms with Crippen LogP contribution < -0.4 is 0 Å². The Morgan fingerprint density at radius 2 is 1.81 bits per heavy atom. The summed E-state index contributed by atoms with van der Waals surface area (Å²) in [5.74, 6) is -1.49. The molecule has 4 atom stereocenters. The van der Waals surface area contributed by atoms with Crippen LogP contribution in [0.3, 0.4) is 0 Å². The summed E-state index contributed by atoms with van der Waals surface area (Å²) < 4.78 is 0. The first kappa shape index (κ1) is 16.1. The minimum Gasteiger partial charge on any atom is -0.481 e. The predicted octanol–water partition coefficient (Wildman–Crippen LogP) is 2.94. The number of carbonyl (C=O) groups is 2. The number of carbonyl (C=O) groups excluding carboxylic acids is 1. The molecular weight excluding hydrogens is 266 g/mol. The van der Waals surface area contributed by atoms with Crippen LogP contribution in [0.5, 0.6) is 0 Å². The number of aliphatic carboxylic acids is 1. The maximum Gasteiger partial charge on any atom is 0.307 e. The molecule has 0 aromatic heterocycles. The van der Waals surface area contributed by atoms with E-state index in [0.29, 0.717) is 0 Å². The molecule has 0 aliphatic heterocycles. The molecule has 2 aliphatic rings. The van der Waals surface area contributed by atoms with Gasteiger partial charge in [0.15, 0.2) is 0 Å². The van der Waals surface area contributed by atoms with Gasteiger partial charge in [-0.15, -0.1) is 0 Å². The highest BCUT2D eigenvalue weighted by Crippen LogP contribution is 2.48. The van der Waals surface area contributed by atoms with E-state index in [4.69, 9.17) is 0 Å². The number of hydrogen-bond acceptors (Lipinski definition) is 2. The molecular formula is C17H27NO3. The van der Waals surface area contributed by atoms with Gasteiger partial charge in [0.2, 0.25) is 5.91 Å². The normalized spacial score (nSPS) is 30.1. The monoisotopic (exact) mass is 293 g/mol. The van der Waals surface area contributed by atoms with Crippen molar-refractivity contribution >= 4 is 11.9 Å². The van der Waals surface area contributed by atoms with Gasteiger partial charge in [-0.2, -0.15) is 0 Å². The topological polar surface area (TPSA) is 57.6 Å². The van der Waals surface area contributed by atoms with Crippen LogP contribution in [0.4, 0.5) is 0 Å². The Bertz CT molecular complexity index is 430. The fraction of sp³-hybridized carbons (Fsp3) is 0.765. The zero-order valence-corrected chi connectivity index (χ0v) is 13.3. The summed E-state index contributed by atoms with van der Waals surface area (Å²) in [6.07, 6.45) is 8.09. The Morgan fingerprint density at radius 1 is 1.19 bits per heavy atom. The Balaban J connectivity index is 2.12. The van der Waals surface area contributed by atoms with Crippen molar-refractivity contribution in [3.05, 3.63) is 12.2 Å². The van der Waals surface area contributed by atoms with E-state index < -0.39 is 11.9 Å². The standard InChI is InChI=1S/C17H27NO3/c1-4-5-6-9-18(11(2)3)16(19)14-12-7-8-13(10-12)15(14)17(20)21/h7-8,11-15H,4-6,9-10H2,1-3H3,(H,20,21). The van der Waals surface area contributed by atoms with Crippen LogP contribution in [0.2, 0.25) is 0 Å². The van der Waals surface area contributed by atoms with E-state index in [1.54, 1.807) is 0 Å². The maximum absolute atomic E-state index is 12.9. The highest BCUT2D eigenvalue weighted by atomic mass is 16.4. The van der Waals surface area contributed by atoms with Crippen LogP contribution in [0.15, 0.2) is 12.2 Å². The first-order chi connectivity index (χ1) is 9.97. The van der Waals surface area contributed by atoms with E-state index >= 15 is 0 Å². The van der Waals surface area contributed by atoms with Gasteiger partial charge in [0, 0.05) is 12.6 Å². The largest absolute Gasteiger partial charge is 0.481 e. The van der Waals surface area contributed by atoms with Gasteiger partial charge in [0.05, 0.1) is 11.8 Å². The minimum absolute atomic E-state index is 0.0466. The number of amides is 1. The lowest BCUT2D eigenvalue weighted by molar-refractivity contribution is -0.151. The minimum atomic E-state index is -0.817. The molecule has 4 nitrogen and oxygen atoms in total. The van der Waals surface area contributed by atoms with Crippen LogP contribution in [-0.2, 0) is 9.59 Å². The van der Waals surface area contributed by atoms with Crippen LogP contribution in [-0.4, -0.2) is 34.5 Å². The van der Waals surface area contributed by atoms with Crippen LogP contribution in [0.25, 0.3) is 0 Å². The molecule has 0 saturated heterocycles. The molecule has 0 radical (unpaired) electrons. The number of rotatable bonds is 7. The Morgan fingerprint density at radius 3 is 2.33 bits per heavy atom. The molecule has 2 aliphatic carbocycles. The van der Waals surface area contributed by atoms with Gasteiger partial charge in [0.25, 0.3) is 0 Å². The summed E-state index contributed by atoms with van der Waals surface area (Å²) in [6.45, 7) is 6.92. The summed E-state index contributed by atoms with van der Waals surface area (Å²) in [4.78, 5) is 26.4. The molecule has 0 aromatic rings. The third-order valence-corrected chi connectivity index (χ3v) is 4.94. The number of allylic oxidation sites excluding steroid dienone is 2. The number of hydrogen-bond donors (Lipinski definition) is 1. The highest BCUT2D eigenvalue weighted by Gasteiger charge is 2.52. The zero-order chi connectivity index (χ0) is 15.6. The van der Waals surface area contributed by atoms with E-state index in [-0.39, 0.29) is 29.7 Å². The molecule has 4 heteroatoms. The first-order valence-corrected chi connectivity index (χ1v) is 8.19. The molecule has 2 rings (SSSR count). The van der Waals surface area contributed by atoms with Crippen molar-refractivity contribution < 1.29 is 14.7 Å². The molecule has 1 saturated carbocycles. The fourth-order valence-electron chi connectivity index (χ4n) is 3.84. The molecule has 21 heavy (non-hydrogen) atoms. The third-order valence-electron chi connectivity index (χ3n) is 4.94. The van der Waals surface area contributed by atoms with Gasteiger partial charge in [-0.3, -0.25) is 9.59 Å². The van der Waals surface area contributed by atoms with Crippen molar-refractivity contribution in [2.24, 2.45) is 23.7 Å². The van der Waals surface area contributed by atoms with E-state index in [1.165, 1.54) is 0 Å². The zero-order valence-electron chi connectivity index (χ0n) is 13.3. The van der Waals surface area contributed by atoms with Crippen molar-refractivity contribution in [2.45, 2.75) is 52.5 Å². The lowest BCUT2D eigenvalue weighted by Crippen LogP contribution is -2.46. The lowest BCUT2D eigenvalue weighted by atomic mass is 9.82. The second-order valence-electron chi connectivity index (χ2n) is 6.67. The summed E-state index contributed by atoms with van der Waals surface area (Å²) in [5.41, 5.74) is 0. The van der Waals surface area contributed by atoms with E-state index in [2.05, 4.69) is 13.0 Å². The maximum atomic E-state index is 12.9. The molecule has 1 N–H and O–H groups in total. The summed E-state index contributed by atoms with van der Waals surface area (Å²) in [5, 5.41) is 9.48. The van der Waals surface area contributed by atoms with Crippen molar-refractivity contribution in [1.82, 2.24) is 4.90 Å². The van der Waals surface area contributed by atoms with E-state index in [0.717, 1.165) is 32.2 Å². The first-order valence-electron chi connectivity index (χ1n) is 8.19. The third kappa shape index (κ3) is 3.14. The van der Waals surface area contributed by atoms with Gasteiger partial charge < -0.3 is 10.0 Å². The van der Waals surface area contributed by atoms with Crippen molar-refractivity contribution in [3.63, 3.8) is 0 Å². The summed E-state index contributed by atoms with van der Waals surface area (Å²) >= 11 is 0. The van der Waals surface area contributed by atoms with Crippen molar-refractivity contribution in [1.29, 1.82) is 0 Å². The quantitative estimate of drug-likeness (QED) is 0.580. The van der Waals surface area contributed by atoms with E-state index in [9.17, 15) is 14.7 Å². The number of nitrogens with zero attached hydrogens (tertiary/aromatic N) is 1. The van der Waals surface area contributed by atoms with Gasteiger partial charge >= 0.3 is 5.97 Å². The number of carboxylic acids is 1. The molecule has 118 valence electrons. The Labute approximate surface area is 127 Å². The van der Waals surface area contributed by atoms with Gasteiger partial charge in [-0.05, 0) is 38.5 Å². The Hall–Kier alpha value is -1.32. The lowest BCUT2D eigenvalue weighted by Gasteiger charge is -2.33. The van der Waals surface area contributed by atoms with Crippen LogP contribution in [0, 0.1) is 23.7 Å². The SMILES string of the molecule is CCCCCN(C(=O)C1C2C=CC(C2)C1C(=O)O)C(C)C. The van der Waals surface area contributed by atoms with Gasteiger partial charge in [-0.25, -0.2) is 0 Å². The second kappa shape index (κ2) is 6.63. The Kier molecular flexibility index (Phi) is 5.07. The number of carboxylic acid groups (broad SMARTS) is 1. The van der Waals surface area contributed by atoms with Crippen LogP contribution in [0.1, 0.15) is 46.5 Å². The molecule has 4 unspecified atom stereocenters. The van der Waals surface area contributed by atoms with Crippen molar-refractivity contribution in [2.75, 3.05) is 6.54 Å². The van der Waals surface area contributed by atoms with Gasteiger partial charge in [0.1, 0.15) is 0 Å². The smallest absolute Gasteiger partial charge is 0.307 e. The molecule has 0 spiro atoms. The van der Waals surface area contributed by atoms with Crippen molar-refractivity contribution in [3.8, 4) is 0 Å². The molecule has 0 heterocycles. The van der Waals surface area contributed by atoms with Crippen LogP contribution >= 0.6 is 0 Å². The average molecular weight is 293 g/mol. The molecule has 0 aromatic carbocycles. The van der Waals surface area contributed by atoms with E-state index in [1.807, 2.05) is 24.8 Å². The molecule has 1 amide bonds. The summed E-state index contributed by atoms with van der Waals surface area (Å²) in [7, 11) is 0.